The van der Waals surface area contributed by atoms with E-state index in [9.17, 15) is 0 Å². The summed E-state index contributed by atoms with van der Waals surface area (Å²) >= 11 is 0. The van der Waals surface area contributed by atoms with E-state index in [0.29, 0.717) is 30.4 Å². The summed E-state index contributed by atoms with van der Waals surface area (Å²) in [5, 5.41) is 8.47. The van der Waals surface area contributed by atoms with E-state index in [1.807, 2.05) is 0 Å². The van der Waals surface area contributed by atoms with Crippen LogP contribution in [0.1, 0.15) is 0 Å². The Balaban J connectivity index is 2.28. The summed E-state index contributed by atoms with van der Waals surface area (Å²) in [5.74, 6) is 1.25. The van der Waals surface area contributed by atoms with Crippen LogP contribution >= 0.6 is 0 Å². The molecule has 0 spiro atoms. The SMILES string of the molecule is NC(=Nc1ccc2c(c1)OCCO2)NO. The number of aliphatic imine (C=N–C) groups is 1. The van der Waals surface area contributed by atoms with Gasteiger partial charge in [-0.1, -0.05) is 0 Å². The average molecular weight is 209 g/mol. The number of ether oxygens (including phenoxy) is 2. The van der Waals surface area contributed by atoms with Gasteiger partial charge in [-0.2, -0.15) is 0 Å². The molecule has 0 bridgehead atoms. The molecule has 0 fully saturated rings. The predicted molar refractivity (Wildman–Crippen MR) is 53.6 cm³/mol. The van der Waals surface area contributed by atoms with Gasteiger partial charge in [-0.3, -0.25) is 5.21 Å². The quantitative estimate of drug-likeness (QED) is 0.353. The maximum atomic E-state index is 8.47. The van der Waals surface area contributed by atoms with Crippen molar-refractivity contribution in [1.29, 1.82) is 0 Å². The number of hydrogen-bond acceptors (Lipinski definition) is 4. The van der Waals surface area contributed by atoms with Gasteiger partial charge in [0.1, 0.15) is 13.2 Å². The summed E-state index contributed by atoms with van der Waals surface area (Å²) in [6, 6.07) is 5.16. The lowest BCUT2D eigenvalue weighted by Gasteiger charge is -2.18. The zero-order chi connectivity index (χ0) is 10.7. The lowest BCUT2D eigenvalue weighted by molar-refractivity contribution is 0.171. The standard InChI is InChI=1S/C9H11N3O3/c10-9(12-13)11-6-1-2-7-8(5-6)15-4-3-14-7/h1-2,5,13H,3-4H2,(H3,10,11,12). The first-order valence-corrected chi connectivity index (χ1v) is 4.43. The summed E-state index contributed by atoms with van der Waals surface area (Å²) in [4.78, 5) is 3.88. The van der Waals surface area contributed by atoms with Crippen molar-refractivity contribution in [3.8, 4) is 11.5 Å². The van der Waals surface area contributed by atoms with Crippen LogP contribution in [0.25, 0.3) is 0 Å². The predicted octanol–water partition coefficient (Wildman–Crippen LogP) is 0.383. The van der Waals surface area contributed by atoms with E-state index in [4.69, 9.17) is 20.4 Å². The maximum Gasteiger partial charge on any atom is 0.218 e. The van der Waals surface area contributed by atoms with E-state index in [1.54, 1.807) is 23.7 Å². The number of hydrogen-bond donors (Lipinski definition) is 3. The van der Waals surface area contributed by atoms with Crippen molar-refractivity contribution in [2.45, 2.75) is 0 Å². The largest absolute Gasteiger partial charge is 0.486 e. The van der Waals surface area contributed by atoms with Gasteiger partial charge in [-0.15, -0.1) is 0 Å². The molecule has 2 rings (SSSR count). The third-order valence-corrected chi connectivity index (χ3v) is 1.89. The lowest BCUT2D eigenvalue weighted by atomic mass is 10.2. The van der Waals surface area contributed by atoms with E-state index in [1.165, 1.54) is 0 Å². The first-order chi connectivity index (χ1) is 7.29. The molecule has 1 aliphatic rings. The van der Waals surface area contributed by atoms with Crippen molar-refractivity contribution < 1.29 is 14.7 Å². The van der Waals surface area contributed by atoms with Crippen molar-refractivity contribution in [2.75, 3.05) is 13.2 Å². The summed E-state index contributed by atoms with van der Waals surface area (Å²) in [6.45, 7) is 1.07. The smallest absolute Gasteiger partial charge is 0.218 e. The molecule has 1 aromatic rings. The molecule has 6 heteroatoms. The van der Waals surface area contributed by atoms with Crippen molar-refractivity contribution in [2.24, 2.45) is 10.7 Å². The highest BCUT2D eigenvalue weighted by molar-refractivity contribution is 5.80. The Bertz CT molecular complexity index is 392. The van der Waals surface area contributed by atoms with Crippen molar-refractivity contribution in [3.63, 3.8) is 0 Å². The van der Waals surface area contributed by atoms with Gasteiger partial charge in [0.2, 0.25) is 5.96 Å². The summed E-state index contributed by atoms with van der Waals surface area (Å²) < 4.78 is 10.7. The molecule has 0 radical (unpaired) electrons. The number of nitrogens with one attached hydrogen (secondary N) is 1. The highest BCUT2D eigenvalue weighted by Crippen LogP contribution is 2.33. The van der Waals surface area contributed by atoms with Crippen LogP contribution in [-0.4, -0.2) is 24.4 Å². The van der Waals surface area contributed by atoms with E-state index < -0.39 is 0 Å². The number of nitrogens with two attached hydrogens (primary N) is 1. The second-order valence-corrected chi connectivity index (χ2v) is 2.94. The summed E-state index contributed by atoms with van der Waals surface area (Å²) in [5.41, 5.74) is 7.63. The molecule has 15 heavy (non-hydrogen) atoms. The maximum absolute atomic E-state index is 8.47. The number of fused-ring (bicyclic) bond motifs is 1. The van der Waals surface area contributed by atoms with Gasteiger partial charge >= 0.3 is 0 Å². The average Bonchev–Trinajstić information content (AvgIpc) is 2.29. The molecule has 1 heterocycles. The molecule has 80 valence electrons. The van der Waals surface area contributed by atoms with Gasteiger partial charge < -0.3 is 15.2 Å². The normalized spacial score (nSPS) is 14.9. The summed E-state index contributed by atoms with van der Waals surface area (Å²) in [7, 11) is 0. The Labute approximate surface area is 86.3 Å². The van der Waals surface area contributed by atoms with Crippen LogP contribution in [-0.2, 0) is 0 Å². The monoisotopic (exact) mass is 209 g/mol. The second kappa shape index (κ2) is 4.05. The van der Waals surface area contributed by atoms with E-state index in [2.05, 4.69) is 4.99 Å². The van der Waals surface area contributed by atoms with Crippen LogP contribution in [0.5, 0.6) is 11.5 Å². The molecule has 0 amide bonds. The van der Waals surface area contributed by atoms with Crippen LogP contribution in [0, 0.1) is 0 Å². The molecule has 6 nitrogen and oxygen atoms in total. The zero-order valence-electron chi connectivity index (χ0n) is 7.93. The Kier molecular flexibility index (Phi) is 2.59. The highest BCUT2D eigenvalue weighted by Gasteiger charge is 2.11. The molecule has 0 unspecified atom stereocenters. The van der Waals surface area contributed by atoms with Gasteiger partial charge in [0.25, 0.3) is 0 Å². The van der Waals surface area contributed by atoms with Crippen molar-refractivity contribution in [1.82, 2.24) is 5.48 Å². The second-order valence-electron chi connectivity index (χ2n) is 2.94. The van der Waals surface area contributed by atoms with Crippen LogP contribution in [0.15, 0.2) is 23.2 Å². The van der Waals surface area contributed by atoms with Gasteiger partial charge in [0.15, 0.2) is 11.5 Å². The molecule has 0 saturated heterocycles. The minimum absolute atomic E-state index is 0.0772. The number of guanidine groups is 1. The van der Waals surface area contributed by atoms with E-state index in [-0.39, 0.29) is 5.96 Å². The molecule has 0 atom stereocenters. The first-order valence-electron chi connectivity index (χ1n) is 4.43. The molecule has 4 N–H and O–H groups in total. The molecule has 0 aromatic heterocycles. The Morgan fingerprint density at radius 2 is 2.07 bits per heavy atom. The minimum Gasteiger partial charge on any atom is -0.486 e. The lowest BCUT2D eigenvalue weighted by Crippen LogP contribution is -2.27. The fraction of sp³-hybridized carbons (Fsp3) is 0.222. The number of hydroxylamine groups is 1. The Hall–Kier alpha value is -1.95. The fourth-order valence-electron chi connectivity index (χ4n) is 1.27. The molecule has 0 saturated carbocycles. The highest BCUT2D eigenvalue weighted by atomic mass is 16.6. The van der Waals surface area contributed by atoms with Crippen LogP contribution < -0.4 is 20.7 Å². The molecule has 0 aliphatic carbocycles. The van der Waals surface area contributed by atoms with Crippen LogP contribution in [0.4, 0.5) is 5.69 Å². The van der Waals surface area contributed by atoms with Crippen LogP contribution in [0.3, 0.4) is 0 Å². The fourth-order valence-corrected chi connectivity index (χ4v) is 1.27. The first kappa shape index (κ1) is 9.60. The zero-order valence-corrected chi connectivity index (χ0v) is 7.93. The third-order valence-electron chi connectivity index (χ3n) is 1.89. The number of nitrogens with zero attached hydrogens (tertiary/aromatic N) is 1. The summed E-state index contributed by atoms with van der Waals surface area (Å²) in [6.07, 6.45) is 0. The molecule has 1 aromatic carbocycles. The number of rotatable bonds is 1. The van der Waals surface area contributed by atoms with Gasteiger partial charge in [-0.05, 0) is 12.1 Å². The van der Waals surface area contributed by atoms with Crippen molar-refractivity contribution in [3.05, 3.63) is 18.2 Å². The molecule has 1 aliphatic heterocycles. The van der Waals surface area contributed by atoms with E-state index in [0.717, 1.165) is 0 Å². The van der Waals surface area contributed by atoms with Gasteiger partial charge in [0.05, 0.1) is 5.69 Å². The molecular formula is C9H11N3O3. The third kappa shape index (κ3) is 2.10. The van der Waals surface area contributed by atoms with Crippen LogP contribution in [0.2, 0.25) is 0 Å². The minimum atomic E-state index is -0.0772. The van der Waals surface area contributed by atoms with Crippen molar-refractivity contribution >= 4 is 11.6 Å². The Morgan fingerprint density at radius 3 is 2.80 bits per heavy atom. The molecular weight excluding hydrogens is 198 g/mol. The Morgan fingerprint density at radius 1 is 1.33 bits per heavy atom. The topological polar surface area (TPSA) is 89.1 Å². The van der Waals surface area contributed by atoms with Gasteiger partial charge in [0, 0.05) is 6.07 Å². The number of benzene rings is 1. The van der Waals surface area contributed by atoms with E-state index >= 15 is 0 Å². The van der Waals surface area contributed by atoms with Gasteiger partial charge in [-0.25, -0.2) is 10.5 Å².